The summed E-state index contributed by atoms with van der Waals surface area (Å²) in [4.78, 5) is 18.4. The molecule has 7 nitrogen and oxygen atoms in total. The van der Waals surface area contributed by atoms with Crippen LogP contribution in [0.4, 0.5) is 16.2 Å². The molecule has 0 aliphatic carbocycles. The number of anilines is 2. The van der Waals surface area contributed by atoms with Gasteiger partial charge in [-0.3, -0.25) is 4.99 Å². The second-order valence-corrected chi connectivity index (χ2v) is 7.43. The Labute approximate surface area is 155 Å². The topological polar surface area (TPSA) is 103 Å². The van der Waals surface area contributed by atoms with Crippen molar-refractivity contribution < 1.29 is 14.3 Å². The highest BCUT2D eigenvalue weighted by atomic mass is 16.6. The molecule has 2 rings (SSSR count). The first kappa shape index (κ1) is 19.9. The standard InChI is InChI=1S/C19H30N4O3/c1-5-25-17-11-15(20)13(10-16(17)21)12-22-14-6-8-23(9-7-14)18(24)26-19(2,3)4/h10-12,14H,5-9,20-21H2,1-4H3. The van der Waals surface area contributed by atoms with E-state index in [2.05, 4.69) is 4.99 Å². The predicted molar refractivity (Wildman–Crippen MR) is 105 cm³/mol. The second-order valence-electron chi connectivity index (χ2n) is 7.43. The van der Waals surface area contributed by atoms with E-state index in [9.17, 15) is 4.79 Å². The number of nitrogen functional groups attached to an aromatic ring is 2. The van der Waals surface area contributed by atoms with Crippen molar-refractivity contribution in [3.63, 3.8) is 0 Å². The Hall–Kier alpha value is -2.44. The third kappa shape index (κ3) is 5.54. The molecule has 0 atom stereocenters. The average molecular weight is 362 g/mol. The van der Waals surface area contributed by atoms with E-state index < -0.39 is 5.60 Å². The lowest BCUT2D eigenvalue weighted by molar-refractivity contribution is 0.0207. The Balaban J connectivity index is 1.93. The van der Waals surface area contributed by atoms with Crippen LogP contribution in [0.3, 0.4) is 0 Å². The number of rotatable bonds is 4. The fourth-order valence-corrected chi connectivity index (χ4v) is 2.73. The Morgan fingerprint density at radius 3 is 2.50 bits per heavy atom. The molecule has 0 aromatic heterocycles. The van der Waals surface area contributed by atoms with Gasteiger partial charge in [0.05, 0.1) is 18.3 Å². The van der Waals surface area contributed by atoms with Gasteiger partial charge in [0.15, 0.2) is 0 Å². The van der Waals surface area contributed by atoms with Gasteiger partial charge in [-0.25, -0.2) is 4.79 Å². The van der Waals surface area contributed by atoms with Crippen molar-refractivity contribution in [3.05, 3.63) is 17.7 Å². The molecule has 1 aliphatic rings. The Bertz CT molecular complexity index is 659. The molecule has 1 heterocycles. The molecule has 4 N–H and O–H groups in total. The van der Waals surface area contributed by atoms with E-state index in [1.165, 1.54) is 0 Å². The number of likely N-dealkylation sites (tertiary alicyclic amines) is 1. The number of carbonyl (C=O) groups excluding carboxylic acids is 1. The molecule has 1 fully saturated rings. The van der Waals surface area contributed by atoms with E-state index in [4.69, 9.17) is 20.9 Å². The van der Waals surface area contributed by atoms with Crippen LogP contribution in [0.25, 0.3) is 0 Å². The number of piperidine rings is 1. The van der Waals surface area contributed by atoms with Crippen molar-refractivity contribution in [2.24, 2.45) is 4.99 Å². The zero-order valence-electron chi connectivity index (χ0n) is 16.1. The van der Waals surface area contributed by atoms with Crippen LogP contribution < -0.4 is 16.2 Å². The molecule has 7 heteroatoms. The molecule has 0 spiro atoms. The normalized spacial score (nSPS) is 16.1. The molecule has 144 valence electrons. The van der Waals surface area contributed by atoms with Crippen molar-refractivity contribution in [1.82, 2.24) is 4.90 Å². The van der Waals surface area contributed by atoms with Crippen LogP contribution in [-0.4, -0.2) is 48.5 Å². The smallest absolute Gasteiger partial charge is 0.410 e. The summed E-state index contributed by atoms with van der Waals surface area (Å²) in [6, 6.07) is 3.66. The SMILES string of the molecule is CCOc1cc(N)c(C=NC2CCN(C(=O)OC(C)(C)C)CC2)cc1N. The Morgan fingerprint density at radius 2 is 1.92 bits per heavy atom. The highest BCUT2D eigenvalue weighted by Crippen LogP contribution is 2.27. The highest BCUT2D eigenvalue weighted by Gasteiger charge is 2.26. The summed E-state index contributed by atoms with van der Waals surface area (Å²) in [5, 5.41) is 0. The maximum atomic E-state index is 12.1. The molecule has 1 aromatic rings. The van der Waals surface area contributed by atoms with Gasteiger partial charge in [0, 0.05) is 36.6 Å². The molecule has 0 radical (unpaired) electrons. The molecule has 1 aliphatic heterocycles. The maximum absolute atomic E-state index is 12.1. The monoisotopic (exact) mass is 362 g/mol. The third-order valence-corrected chi connectivity index (χ3v) is 4.06. The molecule has 0 unspecified atom stereocenters. The number of hydrogen-bond donors (Lipinski definition) is 2. The van der Waals surface area contributed by atoms with E-state index >= 15 is 0 Å². The van der Waals surface area contributed by atoms with Crippen molar-refractivity contribution in [3.8, 4) is 5.75 Å². The van der Waals surface area contributed by atoms with Crippen molar-refractivity contribution >= 4 is 23.7 Å². The minimum atomic E-state index is -0.475. The molecular formula is C19H30N4O3. The number of amides is 1. The van der Waals surface area contributed by atoms with Crippen molar-refractivity contribution in [1.29, 1.82) is 0 Å². The minimum absolute atomic E-state index is 0.154. The highest BCUT2D eigenvalue weighted by molar-refractivity contribution is 5.89. The predicted octanol–water partition coefficient (Wildman–Crippen LogP) is 3.07. The molecule has 26 heavy (non-hydrogen) atoms. The largest absolute Gasteiger partial charge is 0.492 e. The van der Waals surface area contributed by atoms with E-state index in [-0.39, 0.29) is 12.1 Å². The summed E-state index contributed by atoms with van der Waals surface area (Å²) >= 11 is 0. The van der Waals surface area contributed by atoms with Crippen LogP contribution in [-0.2, 0) is 4.74 Å². The first-order chi connectivity index (χ1) is 12.2. The van der Waals surface area contributed by atoms with Crippen LogP contribution in [0.15, 0.2) is 17.1 Å². The summed E-state index contributed by atoms with van der Waals surface area (Å²) < 4.78 is 10.8. The first-order valence-electron chi connectivity index (χ1n) is 9.02. The zero-order valence-corrected chi connectivity index (χ0v) is 16.1. The van der Waals surface area contributed by atoms with Crippen LogP contribution in [0, 0.1) is 0 Å². The summed E-state index contributed by atoms with van der Waals surface area (Å²) in [5.74, 6) is 0.591. The van der Waals surface area contributed by atoms with Crippen LogP contribution >= 0.6 is 0 Å². The van der Waals surface area contributed by atoms with Gasteiger partial charge in [-0.05, 0) is 46.6 Å². The molecular weight excluding hydrogens is 332 g/mol. The molecule has 1 aromatic carbocycles. The van der Waals surface area contributed by atoms with Crippen LogP contribution in [0.2, 0.25) is 0 Å². The zero-order chi connectivity index (χ0) is 19.3. The van der Waals surface area contributed by atoms with Crippen molar-refractivity contribution in [2.45, 2.75) is 52.2 Å². The lowest BCUT2D eigenvalue weighted by atomic mass is 10.1. The lowest BCUT2D eigenvalue weighted by Gasteiger charge is -2.32. The first-order valence-corrected chi connectivity index (χ1v) is 9.02. The van der Waals surface area contributed by atoms with Gasteiger partial charge >= 0.3 is 6.09 Å². The van der Waals surface area contributed by atoms with Gasteiger partial charge in [-0.2, -0.15) is 0 Å². The number of carbonyl (C=O) groups is 1. The van der Waals surface area contributed by atoms with Gasteiger partial charge in [-0.1, -0.05) is 0 Å². The minimum Gasteiger partial charge on any atom is -0.492 e. The molecule has 1 saturated heterocycles. The number of benzene rings is 1. The van der Waals surface area contributed by atoms with Gasteiger partial charge in [-0.15, -0.1) is 0 Å². The summed E-state index contributed by atoms with van der Waals surface area (Å²) in [6.07, 6.45) is 3.09. The van der Waals surface area contributed by atoms with E-state index in [0.29, 0.717) is 36.8 Å². The maximum Gasteiger partial charge on any atom is 0.410 e. The van der Waals surface area contributed by atoms with Gasteiger partial charge in [0.2, 0.25) is 0 Å². The van der Waals surface area contributed by atoms with Gasteiger partial charge in [0.1, 0.15) is 11.4 Å². The third-order valence-electron chi connectivity index (χ3n) is 4.06. The molecule has 0 bridgehead atoms. The molecule has 1 amide bonds. The van der Waals surface area contributed by atoms with Crippen molar-refractivity contribution in [2.75, 3.05) is 31.2 Å². The van der Waals surface area contributed by atoms with E-state index in [1.54, 1.807) is 23.2 Å². The number of hydrogen-bond acceptors (Lipinski definition) is 6. The number of nitrogens with two attached hydrogens (primary N) is 2. The number of aliphatic imine (C=N–C) groups is 1. The second kappa shape index (κ2) is 8.29. The number of nitrogens with zero attached hydrogens (tertiary/aromatic N) is 2. The van der Waals surface area contributed by atoms with Crippen LogP contribution in [0.1, 0.15) is 46.1 Å². The quantitative estimate of drug-likeness (QED) is 0.633. The van der Waals surface area contributed by atoms with E-state index in [1.807, 2.05) is 27.7 Å². The van der Waals surface area contributed by atoms with Gasteiger partial charge in [0.25, 0.3) is 0 Å². The Kier molecular flexibility index (Phi) is 6.34. The average Bonchev–Trinajstić information content (AvgIpc) is 2.56. The van der Waals surface area contributed by atoms with E-state index in [0.717, 1.165) is 18.4 Å². The summed E-state index contributed by atoms with van der Waals surface area (Å²) in [5.41, 5.74) is 13.5. The summed E-state index contributed by atoms with van der Waals surface area (Å²) in [7, 11) is 0. The number of ether oxygens (including phenoxy) is 2. The summed E-state index contributed by atoms with van der Waals surface area (Å²) in [6.45, 7) is 9.32. The fourth-order valence-electron chi connectivity index (χ4n) is 2.73. The fraction of sp³-hybridized carbons (Fsp3) is 0.579. The van der Waals surface area contributed by atoms with Gasteiger partial charge < -0.3 is 25.8 Å². The lowest BCUT2D eigenvalue weighted by Crippen LogP contribution is -2.42. The Morgan fingerprint density at radius 1 is 1.27 bits per heavy atom. The van der Waals surface area contributed by atoms with Crippen LogP contribution in [0.5, 0.6) is 5.75 Å². The molecule has 0 saturated carbocycles.